The van der Waals surface area contributed by atoms with Crippen molar-refractivity contribution in [2.75, 3.05) is 31.0 Å². The Kier molecular flexibility index (Phi) is 3.38. The van der Waals surface area contributed by atoms with E-state index in [0.29, 0.717) is 23.0 Å². The van der Waals surface area contributed by atoms with E-state index in [2.05, 4.69) is 35.7 Å². The zero-order chi connectivity index (χ0) is 12.3. The molecule has 0 radical (unpaired) electrons. The maximum atomic E-state index is 4.21. The summed E-state index contributed by atoms with van der Waals surface area (Å²) in [6.07, 6.45) is 3.48. The molecule has 2 N–H and O–H groups in total. The second-order valence-electron chi connectivity index (χ2n) is 2.96. The average molecular weight is 252 g/mol. The van der Waals surface area contributed by atoms with Crippen LogP contribution in [0.3, 0.4) is 0 Å². The summed E-state index contributed by atoms with van der Waals surface area (Å²) >= 11 is 1.46. The van der Waals surface area contributed by atoms with Crippen molar-refractivity contribution in [2.24, 2.45) is 0 Å². The topological polar surface area (TPSA) is 93.4 Å². The number of thioether (sulfide) groups is 1. The second-order valence-corrected chi connectivity index (χ2v) is 3.73. The van der Waals surface area contributed by atoms with Crippen molar-refractivity contribution in [3.05, 3.63) is 6.33 Å². The zero-order valence-corrected chi connectivity index (χ0v) is 10.5. The van der Waals surface area contributed by atoms with Gasteiger partial charge in [0.2, 0.25) is 17.1 Å². The molecule has 0 saturated heterocycles. The van der Waals surface area contributed by atoms with Gasteiger partial charge >= 0.3 is 0 Å². The molecule has 0 aliphatic rings. The maximum Gasteiger partial charge on any atom is 0.258 e. The van der Waals surface area contributed by atoms with E-state index >= 15 is 0 Å². The SMILES string of the molecule is CNc1nc(NC)nc(-n2cnc(SC)n2)n1. The Morgan fingerprint density at radius 2 is 1.76 bits per heavy atom. The monoisotopic (exact) mass is 252 g/mol. The Balaban J connectivity index is 2.43. The molecule has 8 nitrogen and oxygen atoms in total. The van der Waals surface area contributed by atoms with E-state index in [1.165, 1.54) is 16.4 Å². The van der Waals surface area contributed by atoms with Gasteiger partial charge in [-0.25, -0.2) is 4.98 Å². The third kappa shape index (κ3) is 2.44. The van der Waals surface area contributed by atoms with Gasteiger partial charge in [-0.05, 0) is 6.26 Å². The molecule has 17 heavy (non-hydrogen) atoms. The van der Waals surface area contributed by atoms with Gasteiger partial charge in [-0.1, -0.05) is 11.8 Å². The largest absolute Gasteiger partial charge is 0.357 e. The molecule has 0 aliphatic heterocycles. The fraction of sp³-hybridized carbons (Fsp3) is 0.375. The molecular formula is C8H12N8S. The summed E-state index contributed by atoms with van der Waals surface area (Å²) in [5.41, 5.74) is 0. The molecule has 0 aliphatic carbocycles. The Labute approximate surface area is 102 Å². The smallest absolute Gasteiger partial charge is 0.258 e. The number of rotatable bonds is 4. The predicted molar refractivity (Wildman–Crippen MR) is 65.6 cm³/mol. The fourth-order valence-corrected chi connectivity index (χ4v) is 1.45. The van der Waals surface area contributed by atoms with Gasteiger partial charge in [-0.15, -0.1) is 5.10 Å². The standard InChI is InChI=1S/C8H12N8S/c1-9-5-12-6(10-2)14-7(13-5)16-4-11-8(15-16)17-3/h4H,1-3H3,(H2,9,10,12,13,14). The first-order valence-corrected chi connectivity index (χ1v) is 6.07. The van der Waals surface area contributed by atoms with Gasteiger partial charge in [0, 0.05) is 14.1 Å². The average Bonchev–Trinajstić information content (AvgIpc) is 2.86. The molecular weight excluding hydrogens is 240 g/mol. The third-order valence-electron chi connectivity index (χ3n) is 1.93. The van der Waals surface area contributed by atoms with Gasteiger partial charge in [0.25, 0.3) is 5.95 Å². The van der Waals surface area contributed by atoms with Gasteiger partial charge in [-0.2, -0.15) is 19.6 Å². The number of aromatic nitrogens is 6. The predicted octanol–water partition coefficient (Wildman–Crippen LogP) is 0.258. The van der Waals surface area contributed by atoms with Gasteiger partial charge in [0.1, 0.15) is 6.33 Å². The summed E-state index contributed by atoms with van der Waals surface area (Å²) in [4.78, 5) is 16.6. The maximum absolute atomic E-state index is 4.21. The van der Waals surface area contributed by atoms with Crippen LogP contribution in [-0.4, -0.2) is 50.1 Å². The normalized spacial score (nSPS) is 10.3. The molecule has 0 bridgehead atoms. The summed E-state index contributed by atoms with van der Waals surface area (Å²) in [5.74, 6) is 1.36. The highest BCUT2D eigenvalue weighted by Gasteiger charge is 2.08. The molecule has 2 heterocycles. The van der Waals surface area contributed by atoms with E-state index < -0.39 is 0 Å². The molecule has 9 heteroatoms. The second kappa shape index (κ2) is 4.95. The summed E-state index contributed by atoms with van der Waals surface area (Å²) in [6.45, 7) is 0. The van der Waals surface area contributed by atoms with Crippen molar-refractivity contribution in [3.8, 4) is 5.95 Å². The molecule has 0 amide bonds. The highest BCUT2D eigenvalue weighted by Crippen LogP contribution is 2.10. The number of nitrogens with one attached hydrogen (secondary N) is 2. The molecule has 0 atom stereocenters. The Bertz CT molecular complexity index is 488. The number of nitrogens with zero attached hydrogens (tertiary/aromatic N) is 6. The van der Waals surface area contributed by atoms with E-state index in [9.17, 15) is 0 Å². The van der Waals surface area contributed by atoms with Gasteiger partial charge < -0.3 is 10.6 Å². The van der Waals surface area contributed by atoms with Crippen molar-refractivity contribution in [1.82, 2.24) is 29.7 Å². The van der Waals surface area contributed by atoms with Crippen LogP contribution >= 0.6 is 11.8 Å². The molecule has 2 aromatic heterocycles. The van der Waals surface area contributed by atoms with Crippen molar-refractivity contribution in [2.45, 2.75) is 5.16 Å². The minimum atomic E-state index is 0.418. The summed E-state index contributed by atoms with van der Waals surface area (Å²) in [6, 6.07) is 0. The van der Waals surface area contributed by atoms with Crippen LogP contribution in [-0.2, 0) is 0 Å². The lowest BCUT2D eigenvalue weighted by Crippen LogP contribution is -2.09. The van der Waals surface area contributed by atoms with E-state index in [1.54, 1.807) is 20.4 Å². The van der Waals surface area contributed by atoms with E-state index in [-0.39, 0.29) is 0 Å². The van der Waals surface area contributed by atoms with Crippen molar-refractivity contribution in [3.63, 3.8) is 0 Å². The van der Waals surface area contributed by atoms with E-state index in [1.807, 2.05) is 6.26 Å². The quantitative estimate of drug-likeness (QED) is 0.748. The Morgan fingerprint density at radius 1 is 1.12 bits per heavy atom. The summed E-state index contributed by atoms with van der Waals surface area (Å²) in [7, 11) is 3.49. The van der Waals surface area contributed by atoms with Crippen LogP contribution in [0, 0.1) is 0 Å². The van der Waals surface area contributed by atoms with Crippen LogP contribution in [0.2, 0.25) is 0 Å². The third-order valence-corrected chi connectivity index (χ3v) is 2.48. The molecule has 0 saturated carbocycles. The summed E-state index contributed by atoms with van der Waals surface area (Å²) < 4.78 is 1.51. The highest BCUT2D eigenvalue weighted by atomic mass is 32.2. The number of hydrogen-bond acceptors (Lipinski definition) is 8. The number of hydrogen-bond donors (Lipinski definition) is 2. The van der Waals surface area contributed by atoms with Crippen LogP contribution in [0.5, 0.6) is 0 Å². The minimum Gasteiger partial charge on any atom is -0.357 e. The first-order valence-electron chi connectivity index (χ1n) is 4.84. The van der Waals surface area contributed by atoms with Crippen molar-refractivity contribution in [1.29, 1.82) is 0 Å². The van der Waals surface area contributed by atoms with Crippen LogP contribution in [0.4, 0.5) is 11.9 Å². The molecule has 0 aromatic carbocycles. The first-order chi connectivity index (χ1) is 8.26. The Hall–Kier alpha value is -1.90. The van der Waals surface area contributed by atoms with Gasteiger partial charge in [0.15, 0.2) is 0 Å². The lowest BCUT2D eigenvalue weighted by Gasteiger charge is -2.04. The molecule has 0 unspecified atom stereocenters. The molecule has 90 valence electrons. The summed E-state index contributed by atoms with van der Waals surface area (Å²) in [5, 5.41) is 10.6. The van der Waals surface area contributed by atoms with Gasteiger partial charge in [0.05, 0.1) is 0 Å². The lowest BCUT2D eigenvalue weighted by molar-refractivity contribution is 0.772. The van der Waals surface area contributed by atoms with Crippen LogP contribution < -0.4 is 10.6 Å². The van der Waals surface area contributed by atoms with Crippen LogP contribution in [0.25, 0.3) is 5.95 Å². The number of anilines is 2. The molecule has 0 spiro atoms. The van der Waals surface area contributed by atoms with Crippen molar-refractivity contribution >= 4 is 23.7 Å². The van der Waals surface area contributed by atoms with E-state index in [0.717, 1.165) is 0 Å². The van der Waals surface area contributed by atoms with Gasteiger partial charge in [-0.3, -0.25) is 0 Å². The highest BCUT2D eigenvalue weighted by molar-refractivity contribution is 7.98. The van der Waals surface area contributed by atoms with Crippen LogP contribution in [0.15, 0.2) is 11.5 Å². The van der Waals surface area contributed by atoms with E-state index in [4.69, 9.17) is 0 Å². The Morgan fingerprint density at radius 3 is 2.24 bits per heavy atom. The molecule has 2 aromatic rings. The fourth-order valence-electron chi connectivity index (χ4n) is 1.13. The minimum absolute atomic E-state index is 0.418. The zero-order valence-electron chi connectivity index (χ0n) is 9.67. The van der Waals surface area contributed by atoms with Crippen LogP contribution in [0.1, 0.15) is 0 Å². The first kappa shape index (κ1) is 11.6. The lowest BCUT2D eigenvalue weighted by atomic mass is 10.8. The molecule has 0 fully saturated rings. The molecule has 2 rings (SSSR count). The van der Waals surface area contributed by atoms with Crippen molar-refractivity contribution < 1.29 is 0 Å².